The van der Waals surface area contributed by atoms with Gasteiger partial charge in [-0.05, 0) is 64.0 Å². The van der Waals surface area contributed by atoms with Gasteiger partial charge in [0.1, 0.15) is 12.1 Å². The smallest absolute Gasteiger partial charge is 0.224 e. The molecule has 1 fully saturated rings. The highest BCUT2D eigenvalue weighted by atomic mass is 16.1. The second-order valence-electron chi connectivity index (χ2n) is 9.28. The Morgan fingerprint density at radius 3 is 2.85 bits per heavy atom. The van der Waals surface area contributed by atoms with Crippen LogP contribution in [0.4, 0.5) is 5.82 Å². The minimum atomic E-state index is -0.0174. The van der Waals surface area contributed by atoms with Gasteiger partial charge in [-0.1, -0.05) is 29.3 Å². The van der Waals surface area contributed by atoms with Crippen LogP contribution < -0.4 is 10.2 Å². The fraction of sp³-hybridized carbons (Fsp3) is 0.462. The molecule has 5 rings (SSSR count). The Labute approximate surface area is 194 Å². The van der Waals surface area contributed by atoms with Gasteiger partial charge in [-0.2, -0.15) is 0 Å². The van der Waals surface area contributed by atoms with Crippen molar-refractivity contribution in [2.75, 3.05) is 24.5 Å². The zero-order chi connectivity index (χ0) is 22.6. The fourth-order valence-electron chi connectivity index (χ4n) is 4.91. The van der Waals surface area contributed by atoms with Crippen molar-refractivity contribution in [2.24, 2.45) is 5.92 Å². The van der Waals surface area contributed by atoms with Crippen LogP contribution in [-0.2, 0) is 4.79 Å². The molecule has 2 aliphatic rings. The third kappa shape index (κ3) is 4.92. The van der Waals surface area contributed by atoms with Gasteiger partial charge in [0.15, 0.2) is 5.65 Å². The number of aromatic nitrogens is 4. The van der Waals surface area contributed by atoms with Crippen LogP contribution >= 0.6 is 0 Å². The Morgan fingerprint density at radius 1 is 1.15 bits per heavy atom. The number of hydrogen-bond acceptors (Lipinski definition) is 5. The fourth-order valence-corrected chi connectivity index (χ4v) is 4.91. The first-order valence-corrected chi connectivity index (χ1v) is 12.2. The molecule has 1 saturated heterocycles. The number of anilines is 1. The first-order valence-electron chi connectivity index (χ1n) is 12.2. The maximum Gasteiger partial charge on any atom is 0.224 e. The Morgan fingerprint density at radius 2 is 2.03 bits per heavy atom. The summed E-state index contributed by atoms with van der Waals surface area (Å²) in [4.78, 5) is 24.1. The maximum absolute atomic E-state index is 12.9. The quantitative estimate of drug-likeness (QED) is 0.572. The van der Waals surface area contributed by atoms with Crippen molar-refractivity contribution in [1.82, 2.24) is 25.1 Å². The van der Waals surface area contributed by atoms with Gasteiger partial charge >= 0.3 is 0 Å². The standard InChI is InChI=1S/C26H32N6O/c1-19-9-11-22(12-10-19)32-17-23-24(30-32)28-18-29-25(23)31-15-5-8-21(16-31)26(33)27-14-13-20-6-3-2-4-7-20/h6,9-12,17-18,21H,2-5,7-8,13-16H2,1H3,(H,27,33)/t21-/m0/s1. The number of rotatable bonds is 6. The van der Waals surface area contributed by atoms with Gasteiger partial charge in [-0.25, -0.2) is 14.6 Å². The monoisotopic (exact) mass is 444 g/mol. The molecular formula is C26H32N6O. The molecule has 1 aliphatic carbocycles. The summed E-state index contributed by atoms with van der Waals surface area (Å²) in [5, 5.41) is 8.76. The van der Waals surface area contributed by atoms with Crippen molar-refractivity contribution in [3.05, 3.63) is 54.0 Å². The number of fused-ring (bicyclic) bond motifs is 1. The van der Waals surface area contributed by atoms with E-state index in [9.17, 15) is 4.79 Å². The van der Waals surface area contributed by atoms with E-state index in [1.54, 1.807) is 6.33 Å². The van der Waals surface area contributed by atoms with E-state index >= 15 is 0 Å². The molecule has 3 aromatic rings. The number of amides is 1. The number of hydrogen-bond donors (Lipinski definition) is 1. The van der Waals surface area contributed by atoms with Crippen molar-refractivity contribution >= 4 is 22.8 Å². The summed E-state index contributed by atoms with van der Waals surface area (Å²) in [6.07, 6.45) is 13.8. The summed E-state index contributed by atoms with van der Waals surface area (Å²) in [5.41, 5.74) is 4.38. The second kappa shape index (κ2) is 9.73. The molecule has 0 unspecified atom stereocenters. The largest absolute Gasteiger partial charge is 0.355 e. The normalized spacial score (nSPS) is 18.9. The lowest BCUT2D eigenvalue weighted by molar-refractivity contribution is -0.125. The summed E-state index contributed by atoms with van der Waals surface area (Å²) in [6.45, 7) is 4.38. The second-order valence-corrected chi connectivity index (χ2v) is 9.28. The van der Waals surface area contributed by atoms with Gasteiger partial charge < -0.3 is 10.2 Å². The first-order chi connectivity index (χ1) is 16.2. The summed E-state index contributed by atoms with van der Waals surface area (Å²) >= 11 is 0. The molecule has 0 spiro atoms. The van der Waals surface area contributed by atoms with E-state index in [0.29, 0.717) is 12.2 Å². The van der Waals surface area contributed by atoms with Crippen LogP contribution in [0.5, 0.6) is 0 Å². The van der Waals surface area contributed by atoms with Gasteiger partial charge in [0, 0.05) is 25.8 Å². The molecule has 7 heteroatoms. The Hall–Kier alpha value is -3.22. The molecule has 0 bridgehead atoms. The number of piperidine rings is 1. The van der Waals surface area contributed by atoms with Crippen molar-refractivity contribution in [3.63, 3.8) is 0 Å². The molecule has 1 N–H and O–H groups in total. The van der Waals surface area contributed by atoms with Gasteiger partial charge in [0.2, 0.25) is 5.91 Å². The van der Waals surface area contributed by atoms with E-state index in [1.807, 2.05) is 10.9 Å². The average molecular weight is 445 g/mol. The van der Waals surface area contributed by atoms with Gasteiger partial charge in [-0.3, -0.25) is 4.79 Å². The van der Waals surface area contributed by atoms with Crippen molar-refractivity contribution in [2.45, 2.75) is 51.9 Å². The number of benzene rings is 1. The van der Waals surface area contributed by atoms with Crippen LogP contribution in [0.2, 0.25) is 0 Å². The number of allylic oxidation sites excluding steroid dienone is 1. The van der Waals surface area contributed by atoms with Crippen LogP contribution in [0.1, 0.15) is 50.5 Å². The zero-order valence-corrected chi connectivity index (χ0v) is 19.3. The van der Waals surface area contributed by atoms with Crippen molar-refractivity contribution in [1.29, 1.82) is 0 Å². The molecule has 3 heterocycles. The third-order valence-electron chi connectivity index (χ3n) is 6.82. The highest BCUT2D eigenvalue weighted by Gasteiger charge is 2.28. The van der Waals surface area contributed by atoms with Gasteiger partial charge in [-0.15, -0.1) is 5.10 Å². The minimum Gasteiger partial charge on any atom is -0.355 e. The molecule has 7 nitrogen and oxygen atoms in total. The molecule has 1 amide bonds. The molecular weight excluding hydrogens is 412 g/mol. The number of nitrogens with one attached hydrogen (secondary N) is 1. The summed E-state index contributed by atoms with van der Waals surface area (Å²) in [7, 11) is 0. The van der Waals surface area contributed by atoms with Crippen molar-refractivity contribution < 1.29 is 4.79 Å². The highest BCUT2D eigenvalue weighted by molar-refractivity contribution is 5.87. The zero-order valence-electron chi connectivity index (χ0n) is 19.3. The third-order valence-corrected chi connectivity index (χ3v) is 6.82. The lowest BCUT2D eigenvalue weighted by Gasteiger charge is -2.33. The van der Waals surface area contributed by atoms with Crippen LogP contribution in [-0.4, -0.2) is 45.3 Å². The van der Waals surface area contributed by atoms with E-state index in [2.05, 4.69) is 62.5 Å². The molecule has 0 saturated carbocycles. The maximum atomic E-state index is 12.9. The number of carbonyl (C=O) groups excluding carboxylic acids is 1. The molecule has 33 heavy (non-hydrogen) atoms. The molecule has 1 aliphatic heterocycles. The van der Waals surface area contributed by atoms with Crippen LogP contribution in [0.15, 0.2) is 48.4 Å². The van der Waals surface area contributed by atoms with Gasteiger partial charge in [0.05, 0.1) is 17.0 Å². The molecule has 1 aromatic carbocycles. The molecule has 1 atom stereocenters. The van der Waals surface area contributed by atoms with E-state index < -0.39 is 0 Å². The molecule has 172 valence electrons. The lowest BCUT2D eigenvalue weighted by atomic mass is 9.96. The van der Waals surface area contributed by atoms with E-state index in [0.717, 1.165) is 49.2 Å². The highest BCUT2D eigenvalue weighted by Crippen LogP contribution is 2.28. The minimum absolute atomic E-state index is 0.0174. The topological polar surface area (TPSA) is 75.9 Å². The average Bonchev–Trinajstić information content (AvgIpc) is 3.30. The molecule has 2 aromatic heterocycles. The SMILES string of the molecule is Cc1ccc(-n2cc3c(N4CCC[C@H](C(=O)NCCC5=CCCCC5)C4)ncnc3n2)cc1. The Kier molecular flexibility index (Phi) is 6.37. The summed E-state index contributed by atoms with van der Waals surface area (Å²) in [6, 6.07) is 8.26. The van der Waals surface area contributed by atoms with E-state index in [1.165, 1.54) is 36.8 Å². The number of aryl methyl sites for hydroxylation is 1. The summed E-state index contributed by atoms with van der Waals surface area (Å²) < 4.78 is 1.86. The Balaban J connectivity index is 1.27. The van der Waals surface area contributed by atoms with Crippen LogP contribution in [0.25, 0.3) is 16.7 Å². The van der Waals surface area contributed by atoms with Crippen LogP contribution in [0.3, 0.4) is 0 Å². The molecule has 0 radical (unpaired) electrons. The number of nitrogens with zero attached hydrogens (tertiary/aromatic N) is 5. The van der Waals surface area contributed by atoms with Gasteiger partial charge in [0.25, 0.3) is 0 Å². The Bertz CT molecular complexity index is 1150. The van der Waals surface area contributed by atoms with E-state index in [-0.39, 0.29) is 11.8 Å². The predicted molar refractivity (Wildman–Crippen MR) is 131 cm³/mol. The lowest BCUT2D eigenvalue weighted by Crippen LogP contribution is -2.43. The predicted octanol–water partition coefficient (Wildman–Crippen LogP) is 4.35. The van der Waals surface area contributed by atoms with E-state index in [4.69, 9.17) is 0 Å². The summed E-state index contributed by atoms with van der Waals surface area (Å²) in [5.74, 6) is 1.01. The number of carbonyl (C=O) groups is 1. The first kappa shape index (κ1) is 21.6. The van der Waals surface area contributed by atoms with Crippen molar-refractivity contribution in [3.8, 4) is 5.69 Å². The van der Waals surface area contributed by atoms with Crippen LogP contribution in [0, 0.1) is 12.8 Å².